The van der Waals surface area contributed by atoms with Gasteiger partial charge in [0.05, 0.1) is 12.7 Å². The van der Waals surface area contributed by atoms with E-state index in [9.17, 15) is 14.7 Å². The summed E-state index contributed by atoms with van der Waals surface area (Å²) in [5.74, 6) is -1.60. The number of carbonyl (C=O) groups excluding carboxylic acids is 1. The SMILES string of the molecule is C/C=C\Sc1ncc(C(=O)N[C@@H](Cc2ccccc2)C(=O)O)n1Cc1ccccc1Cl. The number of imidazole rings is 1. The maximum absolute atomic E-state index is 13.0. The minimum absolute atomic E-state index is 0.181. The summed E-state index contributed by atoms with van der Waals surface area (Å²) in [5, 5.41) is 15.3. The summed E-state index contributed by atoms with van der Waals surface area (Å²) in [6, 6.07) is 15.5. The van der Waals surface area contributed by atoms with Gasteiger partial charge >= 0.3 is 5.97 Å². The van der Waals surface area contributed by atoms with Crippen molar-refractivity contribution in [3.63, 3.8) is 0 Å². The van der Waals surface area contributed by atoms with Crippen molar-refractivity contribution < 1.29 is 14.7 Å². The smallest absolute Gasteiger partial charge is 0.326 e. The van der Waals surface area contributed by atoms with Crippen LogP contribution in [0.4, 0.5) is 0 Å². The highest BCUT2D eigenvalue weighted by Crippen LogP contribution is 2.24. The molecule has 3 aromatic rings. The van der Waals surface area contributed by atoms with Crippen LogP contribution in [0.25, 0.3) is 0 Å². The maximum atomic E-state index is 13.0. The second kappa shape index (κ2) is 10.8. The van der Waals surface area contributed by atoms with Crippen molar-refractivity contribution in [2.24, 2.45) is 0 Å². The molecule has 0 unspecified atom stereocenters. The van der Waals surface area contributed by atoms with Gasteiger partial charge < -0.3 is 15.0 Å². The minimum atomic E-state index is -1.10. The number of thioether (sulfide) groups is 1. The molecule has 0 radical (unpaired) electrons. The van der Waals surface area contributed by atoms with Crippen molar-refractivity contribution in [1.29, 1.82) is 0 Å². The van der Waals surface area contributed by atoms with E-state index in [1.807, 2.05) is 66.9 Å². The Bertz CT molecular complexity index is 1080. The Morgan fingerprint density at radius 1 is 1.19 bits per heavy atom. The predicted molar refractivity (Wildman–Crippen MR) is 122 cm³/mol. The molecule has 31 heavy (non-hydrogen) atoms. The van der Waals surface area contributed by atoms with Crippen molar-refractivity contribution in [3.05, 3.63) is 94.1 Å². The van der Waals surface area contributed by atoms with Crippen LogP contribution in [0.15, 0.2) is 77.4 Å². The molecular weight excluding hydrogens is 434 g/mol. The van der Waals surface area contributed by atoms with Crippen LogP contribution in [0, 0.1) is 0 Å². The van der Waals surface area contributed by atoms with E-state index in [-0.39, 0.29) is 12.1 Å². The summed E-state index contributed by atoms with van der Waals surface area (Å²) in [6.45, 7) is 2.22. The highest BCUT2D eigenvalue weighted by atomic mass is 35.5. The fourth-order valence-corrected chi connectivity index (χ4v) is 3.85. The average Bonchev–Trinajstić information content (AvgIpc) is 3.16. The van der Waals surface area contributed by atoms with E-state index in [0.29, 0.717) is 16.7 Å². The fourth-order valence-electron chi connectivity index (χ4n) is 2.99. The van der Waals surface area contributed by atoms with Gasteiger partial charge in [0.1, 0.15) is 11.7 Å². The first-order valence-electron chi connectivity index (χ1n) is 9.64. The van der Waals surface area contributed by atoms with Crippen molar-refractivity contribution in [3.8, 4) is 0 Å². The Morgan fingerprint density at radius 2 is 1.90 bits per heavy atom. The van der Waals surface area contributed by atoms with E-state index in [1.54, 1.807) is 10.6 Å². The second-order valence-corrected chi connectivity index (χ2v) is 8.03. The summed E-state index contributed by atoms with van der Waals surface area (Å²) in [6.07, 6.45) is 3.51. The zero-order chi connectivity index (χ0) is 22.2. The number of halogens is 1. The molecule has 0 aliphatic rings. The summed E-state index contributed by atoms with van der Waals surface area (Å²) in [4.78, 5) is 29.2. The first kappa shape index (κ1) is 22.7. The van der Waals surface area contributed by atoms with Gasteiger partial charge in [0.15, 0.2) is 5.16 Å². The molecule has 2 aromatic carbocycles. The van der Waals surface area contributed by atoms with E-state index in [4.69, 9.17) is 11.6 Å². The molecule has 0 bridgehead atoms. The Balaban J connectivity index is 1.87. The molecule has 3 rings (SSSR count). The second-order valence-electron chi connectivity index (χ2n) is 6.74. The van der Waals surface area contributed by atoms with E-state index >= 15 is 0 Å². The van der Waals surface area contributed by atoms with Crippen molar-refractivity contribution in [2.45, 2.75) is 31.1 Å². The van der Waals surface area contributed by atoms with Crippen LogP contribution in [-0.2, 0) is 17.8 Å². The number of aliphatic carboxylic acids is 1. The Morgan fingerprint density at radius 3 is 2.58 bits per heavy atom. The van der Waals surface area contributed by atoms with Crippen LogP contribution in [-0.4, -0.2) is 32.6 Å². The Labute approximate surface area is 190 Å². The van der Waals surface area contributed by atoms with Gasteiger partial charge in [-0.3, -0.25) is 4.79 Å². The number of nitrogens with one attached hydrogen (secondary N) is 1. The van der Waals surface area contributed by atoms with Gasteiger partial charge in [-0.05, 0) is 29.5 Å². The third-order valence-electron chi connectivity index (χ3n) is 4.53. The van der Waals surface area contributed by atoms with Gasteiger partial charge in [-0.1, -0.05) is 78.0 Å². The predicted octanol–water partition coefficient (Wildman–Crippen LogP) is 4.64. The van der Waals surface area contributed by atoms with Crippen LogP contribution in [0.3, 0.4) is 0 Å². The summed E-state index contributed by atoms with van der Waals surface area (Å²) in [5.41, 5.74) is 1.92. The van der Waals surface area contributed by atoms with Gasteiger partial charge in [-0.2, -0.15) is 0 Å². The van der Waals surface area contributed by atoms with Crippen LogP contribution < -0.4 is 5.32 Å². The molecule has 6 nitrogen and oxygen atoms in total. The van der Waals surface area contributed by atoms with Crippen molar-refractivity contribution >= 4 is 35.2 Å². The topological polar surface area (TPSA) is 84.2 Å². The van der Waals surface area contributed by atoms with Crippen LogP contribution in [0.5, 0.6) is 0 Å². The highest BCUT2D eigenvalue weighted by Gasteiger charge is 2.24. The number of carbonyl (C=O) groups is 2. The zero-order valence-electron chi connectivity index (χ0n) is 16.9. The number of benzene rings is 2. The molecule has 1 amide bonds. The van der Waals surface area contributed by atoms with Crippen LogP contribution in [0.1, 0.15) is 28.5 Å². The van der Waals surface area contributed by atoms with Gasteiger partial charge in [0.2, 0.25) is 0 Å². The fraction of sp³-hybridized carbons (Fsp3) is 0.174. The van der Waals surface area contributed by atoms with Crippen molar-refractivity contribution in [2.75, 3.05) is 0 Å². The number of allylic oxidation sites excluding steroid dienone is 1. The molecule has 0 saturated heterocycles. The molecule has 0 saturated carbocycles. The monoisotopic (exact) mass is 455 g/mol. The van der Waals surface area contributed by atoms with Crippen molar-refractivity contribution in [1.82, 2.24) is 14.9 Å². The van der Waals surface area contributed by atoms with Crippen LogP contribution in [0.2, 0.25) is 5.02 Å². The normalized spacial score (nSPS) is 12.1. The van der Waals surface area contributed by atoms with E-state index in [2.05, 4.69) is 10.3 Å². The molecule has 0 spiro atoms. The minimum Gasteiger partial charge on any atom is -0.480 e. The van der Waals surface area contributed by atoms with E-state index in [0.717, 1.165) is 11.1 Å². The lowest BCUT2D eigenvalue weighted by Gasteiger charge is -2.16. The Hall–Kier alpha value is -3.03. The molecule has 160 valence electrons. The quantitative estimate of drug-likeness (QED) is 0.459. The summed E-state index contributed by atoms with van der Waals surface area (Å²) >= 11 is 7.68. The molecule has 1 atom stereocenters. The molecular formula is C23H22ClN3O3S. The molecule has 1 heterocycles. The average molecular weight is 456 g/mol. The highest BCUT2D eigenvalue weighted by molar-refractivity contribution is 8.02. The number of hydrogen-bond acceptors (Lipinski definition) is 4. The van der Waals surface area contributed by atoms with Crippen LogP contribution >= 0.6 is 23.4 Å². The van der Waals surface area contributed by atoms with Gasteiger partial charge in [0, 0.05) is 11.4 Å². The molecule has 2 N–H and O–H groups in total. The lowest BCUT2D eigenvalue weighted by molar-refractivity contribution is -0.139. The third kappa shape index (κ3) is 5.99. The number of carboxylic acid groups (broad SMARTS) is 1. The summed E-state index contributed by atoms with van der Waals surface area (Å²) < 4.78 is 1.74. The molecule has 8 heteroatoms. The lowest BCUT2D eigenvalue weighted by atomic mass is 10.1. The molecule has 1 aromatic heterocycles. The lowest BCUT2D eigenvalue weighted by Crippen LogP contribution is -2.43. The molecule has 0 aliphatic carbocycles. The zero-order valence-corrected chi connectivity index (χ0v) is 18.4. The number of nitrogens with zero attached hydrogens (tertiary/aromatic N) is 2. The number of amides is 1. The standard InChI is InChI=1S/C23H22ClN3O3S/c1-2-12-31-23-25-14-20(27(23)15-17-10-6-7-11-18(17)24)21(28)26-19(22(29)30)13-16-8-4-3-5-9-16/h2-12,14,19H,13,15H2,1H3,(H,26,28)(H,29,30)/b12-2-/t19-/m0/s1. The number of hydrogen-bond donors (Lipinski definition) is 2. The number of carboxylic acids is 1. The molecule has 0 fully saturated rings. The van der Waals surface area contributed by atoms with Gasteiger partial charge in [0.25, 0.3) is 5.91 Å². The number of rotatable bonds is 9. The third-order valence-corrected chi connectivity index (χ3v) is 5.85. The largest absolute Gasteiger partial charge is 0.480 e. The first-order chi connectivity index (χ1) is 15.0. The number of aromatic nitrogens is 2. The molecule has 0 aliphatic heterocycles. The van der Waals surface area contributed by atoms with Gasteiger partial charge in [-0.25, -0.2) is 9.78 Å². The van der Waals surface area contributed by atoms with E-state index in [1.165, 1.54) is 18.0 Å². The first-order valence-corrected chi connectivity index (χ1v) is 10.9. The summed E-state index contributed by atoms with van der Waals surface area (Å²) in [7, 11) is 0. The van der Waals surface area contributed by atoms with E-state index < -0.39 is 17.9 Å². The maximum Gasteiger partial charge on any atom is 0.326 e. The van der Waals surface area contributed by atoms with Gasteiger partial charge in [-0.15, -0.1) is 0 Å². The Kier molecular flexibility index (Phi) is 7.92.